The fourth-order valence-electron chi connectivity index (χ4n) is 3.03. The number of nitrogen functional groups attached to an aromatic ring is 1. The van der Waals surface area contributed by atoms with Gasteiger partial charge in [0, 0.05) is 30.0 Å². The summed E-state index contributed by atoms with van der Waals surface area (Å²) < 4.78 is 0. The summed E-state index contributed by atoms with van der Waals surface area (Å²) in [6.45, 7) is 0.706. The second kappa shape index (κ2) is 5.09. The molecule has 2 N–H and O–H groups in total. The van der Waals surface area contributed by atoms with Gasteiger partial charge in [-0.1, -0.05) is 6.07 Å². The first-order valence-corrected chi connectivity index (χ1v) is 7.76. The molecule has 1 aromatic carbocycles. The Hall–Kier alpha value is -2.43. The minimum absolute atomic E-state index is 0.0594. The molecule has 112 valence electrons. The van der Waals surface area contributed by atoms with E-state index in [4.69, 9.17) is 5.73 Å². The lowest BCUT2D eigenvalue weighted by molar-refractivity contribution is 0.0980. The third-order valence-corrected chi connectivity index (χ3v) is 4.37. The molecular weight excluding hydrogens is 276 g/mol. The van der Waals surface area contributed by atoms with E-state index in [0.29, 0.717) is 18.2 Å². The molecule has 1 fully saturated rings. The van der Waals surface area contributed by atoms with Gasteiger partial charge in [-0.3, -0.25) is 4.79 Å². The number of hydrogen-bond acceptors (Lipinski definition) is 4. The van der Waals surface area contributed by atoms with Crippen LogP contribution >= 0.6 is 0 Å². The summed E-state index contributed by atoms with van der Waals surface area (Å²) in [5.74, 6) is 1.18. The fraction of sp³-hybridized carbons (Fsp3) is 0.353. The van der Waals surface area contributed by atoms with Crippen molar-refractivity contribution < 1.29 is 4.79 Å². The molecule has 2 aliphatic rings. The highest BCUT2D eigenvalue weighted by molar-refractivity contribution is 6.05. The lowest BCUT2D eigenvalue weighted by Crippen LogP contribution is -2.36. The molecule has 4 rings (SSSR count). The molecule has 1 saturated carbocycles. The largest absolute Gasteiger partial charge is 0.398 e. The second-order valence-corrected chi connectivity index (χ2v) is 5.98. The van der Waals surface area contributed by atoms with Crippen molar-refractivity contribution in [2.45, 2.75) is 31.6 Å². The molecule has 0 radical (unpaired) electrons. The highest BCUT2D eigenvalue weighted by Crippen LogP contribution is 2.38. The highest BCUT2D eigenvalue weighted by atomic mass is 16.2. The number of amides is 1. The average molecular weight is 294 g/mol. The van der Waals surface area contributed by atoms with Crippen LogP contribution < -0.4 is 10.6 Å². The molecule has 1 aliphatic heterocycles. The number of hydrogen-bond donors (Lipinski definition) is 1. The first-order chi connectivity index (χ1) is 10.7. The monoisotopic (exact) mass is 294 g/mol. The zero-order valence-corrected chi connectivity index (χ0v) is 12.3. The Morgan fingerprint density at radius 3 is 2.95 bits per heavy atom. The van der Waals surface area contributed by atoms with Crippen LogP contribution in [0.4, 0.5) is 11.4 Å². The third-order valence-electron chi connectivity index (χ3n) is 4.37. The maximum absolute atomic E-state index is 12.9. The van der Waals surface area contributed by atoms with Crippen molar-refractivity contribution in [1.82, 2.24) is 9.97 Å². The number of carbonyl (C=O) groups excluding carboxylic acids is 1. The predicted molar refractivity (Wildman–Crippen MR) is 84.9 cm³/mol. The van der Waals surface area contributed by atoms with E-state index >= 15 is 0 Å². The number of nitrogens with zero attached hydrogens (tertiary/aromatic N) is 3. The summed E-state index contributed by atoms with van der Waals surface area (Å²) in [6, 6.07) is 7.46. The van der Waals surface area contributed by atoms with Crippen molar-refractivity contribution in [1.29, 1.82) is 0 Å². The number of nitrogens with two attached hydrogens (primary N) is 1. The van der Waals surface area contributed by atoms with Crippen molar-refractivity contribution in [3.8, 4) is 0 Å². The maximum atomic E-state index is 12.9. The first-order valence-electron chi connectivity index (χ1n) is 7.76. The predicted octanol–water partition coefficient (Wildman–Crippen LogP) is 2.53. The summed E-state index contributed by atoms with van der Waals surface area (Å²) in [6.07, 6.45) is 5.79. The Bertz CT molecular complexity index is 739. The van der Waals surface area contributed by atoms with Gasteiger partial charge >= 0.3 is 0 Å². The first kappa shape index (κ1) is 13.2. The standard InChI is InChI=1S/C17H18N4O/c18-13-4-1-5-15-12(13)3-2-10-21(15)17(22)14-8-9-19-16(20-14)11-6-7-11/h1,4-5,8-9,11H,2-3,6-7,10,18H2. The van der Waals surface area contributed by atoms with Gasteiger partial charge in [0.15, 0.2) is 0 Å². The Balaban J connectivity index is 1.69. The number of anilines is 2. The maximum Gasteiger partial charge on any atom is 0.277 e. The summed E-state index contributed by atoms with van der Waals surface area (Å²) in [7, 11) is 0. The fourth-order valence-corrected chi connectivity index (χ4v) is 3.03. The summed E-state index contributed by atoms with van der Waals surface area (Å²) in [5, 5.41) is 0. The average Bonchev–Trinajstić information content (AvgIpc) is 3.39. The van der Waals surface area contributed by atoms with Crippen molar-refractivity contribution in [2.24, 2.45) is 0 Å². The zero-order valence-electron chi connectivity index (χ0n) is 12.3. The van der Waals surface area contributed by atoms with Crippen LogP contribution in [0.2, 0.25) is 0 Å². The highest BCUT2D eigenvalue weighted by Gasteiger charge is 2.29. The van der Waals surface area contributed by atoms with Crippen LogP contribution in [0.25, 0.3) is 0 Å². The third kappa shape index (κ3) is 2.22. The lowest BCUT2D eigenvalue weighted by atomic mass is 9.99. The van der Waals surface area contributed by atoms with E-state index in [2.05, 4.69) is 9.97 Å². The smallest absolute Gasteiger partial charge is 0.277 e. The number of carbonyl (C=O) groups is 1. The molecule has 0 saturated heterocycles. The number of benzene rings is 1. The van der Waals surface area contributed by atoms with Gasteiger partial charge in [-0.15, -0.1) is 0 Å². The normalized spacial score (nSPS) is 17.2. The van der Waals surface area contributed by atoms with Gasteiger partial charge in [0.25, 0.3) is 5.91 Å². The van der Waals surface area contributed by atoms with E-state index in [1.165, 1.54) is 0 Å². The van der Waals surface area contributed by atoms with E-state index in [1.54, 1.807) is 17.2 Å². The topological polar surface area (TPSA) is 72.1 Å². The Labute approximate surface area is 129 Å². The molecule has 5 heteroatoms. The Kier molecular flexibility index (Phi) is 3.06. The van der Waals surface area contributed by atoms with Crippen LogP contribution in [-0.2, 0) is 6.42 Å². The summed E-state index contributed by atoms with van der Waals surface area (Å²) >= 11 is 0. The van der Waals surface area contributed by atoms with Crippen molar-refractivity contribution in [3.63, 3.8) is 0 Å². The van der Waals surface area contributed by atoms with E-state index in [1.807, 2.05) is 18.2 Å². The molecule has 1 amide bonds. The van der Waals surface area contributed by atoms with E-state index in [0.717, 1.165) is 48.4 Å². The molecule has 2 aromatic rings. The van der Waals surface area contributed by atoms with Crippen LogP contribution in [0.3, 0.4) is 0 Å². The van der Waals surface area contributed by atoms with Gasteiger partial charge in [-0.2, -0.15) is 0 Å². The van der Waals surface area contributed by atoms with E-state index in [9.17, 15) is 4.79 Å². The summed E-state index contributed by atoms with van der Waals surface area (Å²) in [4.78, 5) is 23.4. The van der Waals surface area contributed by atoms with Gasteiger partial charge in [-0.25, -0.2) is 9.97 Å². The van der Waals surface area contributed by atoms with Gasteiger partial charge < -0.3 is 10.6 Å². The molecule has 0 atom stereocenters. The van der Waals surface area contributed by atoms with Crippen LogP contribution in [0, 0.1) is 0 Å². The van der Waals surface area contributed by atoms with Crippen molar-refractivity contribution in [3.05, 3.63) is 47.5 Å². The van der Waals surface area contributed by atoms with E-state index in [-0.39, 0.29) is 5.91 Å². The van der Waals surface area contributed by atoms with E-state index < -0.39 is 0 Å². The molecule has 0 spiro atoms. The Morgan fingerprint density at radius 1 is 1.27 bits per heavy atom. The second-order valence-electron chi connectivity index (χ2n) is 5.98. The minimum Gasteiger partial charge on any atom is -0.398 e. The van der Waals surface area contributed by atoms with Crippen LogP contribution in [0.5, 0.6) is 0 Å². The molecule has 1 aliphatic carbocycles. The van der Waals surface area contributed by atoms with Gasteiger partial charge in [0.2, 0.25) is 0 Å². The van der Waals surface area contributed by atoms with Gasteiger partial charge in [0.1, 0.15) is 11.5 Å². The van der Waals surface area contributed by atoms with Crippen molar-refractivity contribution in [2.75, 3.05) is 17.2 Å². The molecule has 2 heterocycles. The van der Waals surface area contributed by atoms with Crippen LogP contribution in [0.1, 0.15) is 47.1 Å². The number of fused-ring (bicyclic) bond motifs is 1. The Morgan fingerprint density at radius 2 is 2.14 bits per heavy atom. The lowest BCUT2D eigenvalue weighted by Gasteiger charge is -2.30. The molecule has 5 nitrogen and oxygen atoms in total. The molecule has 0 unspecified atom stereocenters. The minimum atomic E-state index is -0.0594. The molecule has 22 heavy (non-hydrogen) atoms. The van der Waals surface area contributed by atoms with Crippen LogP contribution in [-0.4, -0.2) is 22.4 Å². The molecular formula is C17H18N4O. The number of rotatable bonds is 2. The number of aromatic nitrogens is 2. The van der Waals surface area contributed by atoms with Gasteiger partial charge in [-0.05, 0) is 49.4 Å². The summed E-state index contributed by atoms with van der Waals surface area (Å²) in [5.41, 5.74) is 9.28. The molecule has 1 aromatic heterocycles. The quantitative estimate of drug-likeness (QED) is 0.864. The van der Waals surface area contributed by atoms with Crippen molar-refractivity contribution >= 4 is 17.3 Å². The SMILES string of the molecule is Nc1cccc2c1CCCN2C(=O)c1ccnc(C2CC2)n1. The van der Waals surface area contributed by atoms with Gasteiger partial charge in [0.05, 0.1) is 0 Å². The molecule has 0 bridgehead atoms. The van der Waals surface area contributed by atoms with Crippen LogP contribution in [0.15, 0.2) is 30.5 Å². The zero-order chi connectivity index (χ0) is 15.1.